The van der Waals surface area contributed by atoms with Gasteiger partial charge in [-0.1, -0.05) is 88.1 Å². The van der Waals surface area contributed by atoms with Gasteiger partial charge in [-0.25, -0.2) is 0 Å². The van der Waals surface area contributed by atoms with Crippen LogP contribution in [0.25, 0.3) is 11.1 Å². The highest BCUT2D eigenvalue weighted by Gasteiger charge is 2.51. The summed E-state index contributed by atoms with van der Waals surface area (Å²) in [6.07, 6.45) is 8.41. The van der Waals surface area contributed by atoms with Gasteiger partial charge in [0.15, 0.2) is 5.41 Å². The first-order valence-corrected chi connectivity index (χ1v) is 11.4. The average Bonchev–Trinajstić information content (AvgIpc) is 2.77. The topological polar surface area (TPSA) is 61.1 Å². The molecule has 0 radical (unpaired) electrons. The number of nitrogens with zero attached hydrogens (tertiary/aromatic N) is 1. The minimum atomic E-state index is -1.32. The Morgan fingerprint density at radius 3 is 2.27 bits per heavy atom. The van der Waals surface area contributed by atoms with Gasteiger partial charge in [-0.2, -0.15) is 5.26 Å². The predicted molar refractivity (Wildman–Crippen MR) is 121 cm³/mol. The van der Waals surface area contributed by atoms with Gasteiger partial charge in [0.1, 0.15) is 0 Å². The Labute approximate surface area is 180 Å². The fourth-order valence-corrected chi connectivity index (χ4v) is 5.04. The highest BCUT2D eigenvalue weighted by molar-refractivity contribution is 5.80. The van der Waals surface area contributed by atoms with E-state index in [1.807, 2.05) is 12.1 Å². The van der Waals surface area contributed by atoms with Crippen LogP contribution >= 0.6 is 0 Å². The quantitative estimate of drug-likeness (QED) is 0.484. The molecule has 2 aromatic rings. The molecule has 30 heavy (non-hydrogen) atoms. The van der Waals surface area contributed by atoms with Crippen LogP contribution in [0.5, 0.6) is 0 Å². The summed E-state index contributed by atoms with van der Waals surface area (Å²) in [5.74, 6) is -1.08. The molecule has 3 rings (SSSR count). The number of aryl methyl sites for hydroxylation is 1. The van der Waals surface area contributed by atoms with Crippen LogP contribution in [0.4, 0.5) is 0 Å². The van der Waals surface area contributed by atoms with E-state index in [2.05, 4.69) is 56.3 Å². The summed E-state index contributed by atoms with van der Waals surface area (Å²) in [4.78, 5) is 12.0. The third kappa shape index (κ3) is 4.59. The third-order valence-corrected chi connectivity index (χ3v) is 6.79. The lowest BCUT2D eigenvalue weighted by Gasteiger charge is -2.40. The van der Waals surface area contributed by atoms with Gasteiger partial charge in [-0.05, 0) is 53.9 Å². The van der Waals surface area contributed by atoms with Gasteiger partial charge < -0.3 is 5.11 Å². The first-order chi connectivity index (χ1) is 14.5. The summed E-state index contributed by atoms with van der Waals surface area (Å²) in [6, 6.07) is 19.1. The predicted octanol–water partition coefficient (Wildman–Crippen LogP) is 6.97. The van der Waals surface area contributed by atoms with Gasteiger partial charge in [0.2, 0.25) is 0 Å². The Morgan fingerprint density at radius 2 is 1.70 bits per heavy atom. The van der Waals surface area contributed by atoms with E-state index >= 15 is 0 Å². The van der Waals surface area contributed by atoms with Crippen molar-refractivity contribution in [2.75, 3.05) is 0 Å². The molecule has 0 bridgehead atoms. The van der Waals surface area contributed by atoms with Crippen molar-refractivity contribution in [1.29, 1.82) is 5.26 Å². The van der Waals surface area contributed by atoms with Crippen LogP contribution in [-0.2, 0) is 11.2 Å². The van der Waals surface area contributed by atoms with Crippen molar-refractivity contribution in [2.45, 2.75) is 71.1 Å². The highest BCUT2D eigenvalue weighted by atomic mass is 16.4. The van der Waals surface area contributed by atoms with Crippen molar-refractivity contribution in [3.05, 3.63) is 59.7 Å². The van der Waals surface area contributed by atoms with E-state index in [-0.39, 0.29) is 11.8 Å². The number of hydrogen-bond acceptors (Lipinski definition) is 2. The molecule has 3 heteroatoms. The second kappa shape index (κ2) is 9.94. The number of hydrogen-bond donors (Lipinski definition) is 1. The zero-order valence-electron chi connectivity index (χ0n) is 18.2. The molecule has 0 spiro atoms. The number of nitriles is 1. The highest BCUT2D eigenvalue weighted by Crippen LogP contribution is 2.50. The molecule has 0 amide bonds. The van der Waals surface area contributed by atoms with Crippen molar-refractivity contribution in [2.24, 2.45) is 11.3 Å². The monoisotopic (exact) mass is 403 g/mol. The van der Waals surface area contributed by atoms with Gasteiger partial charge in [0, 0.05) is 5.92 Å². The van der Waals surface area contributed by atoms with Crippen LogP contribution in [0, 0.1) is 22.7 Å². The molecule has 1 fully saturated rings. The molecule has 1 N–H and O–H groups in total. The molecule has 158 valence electrons. The first-order valence-electron chi connectivity index (χ1n) is 11.4. The molecule has 0 saturated heterocycles. The number of carboxylic acid groups (broad SMARTS) is 1. The third-order valence-electron chi connectivity index (χ3n) is 6.79. The maximum absolute atomic E-state index is 12.0. The minimum Gasteiger partial charge on any atom is -0.480 e. The lowest BCUT2D eigenvalue weighted by Crippen LogP contribution is -2.42. The summed E-state index contributed by atoms with van der Waals surface area (Å²) in [5, 5.41) is 19.6. The van der Waals surface area contributed by atoms with Crippen LogP contribution in [-0.4, -0.2) is 11.1 Å². The van der Waals surface area contributed by atoms with Crippen LogP contribution in [0.15, 0.2) is 48.5 Å². The molecule has 0 heterocycles. The molecule has 0 aliphatic heterocycles. The molecule has 1 aliphatic rings. The minimum absolute atomic E-state index is 0.173. The van der Waals surface area contributed by atoms with Gasteiger partial charge in [0.25, 0.3) is 0 Å². The van der Waals surface area contributed by atoms with Crippen molar-refractivity contribution < 1.29 is 9.90 Å². The summed E-state index contributed by atoms with van der Waals surface area (Å²) in [7, 11) is 0. The van der Waals surface area contributed by atoms with E-state index in [0.29, 0.717) is 6.42 Å². The van der Waals surface area contributed by atoms with Crippen molar-refractivity contribution in [1.82, 2.24) is 0 Å². The number of carboxylic acids is 1. The van der Waals surface area contributed by atoms with E-state index in [1.54, 1.807) is 0 Å². The zero-order chi connectivity index (χ0) is 21.6. The number of aliphatic carboxylic acids is 1. The molecule has 3 nitrogen and oxygen atoms in total. The van der Waals surface area contributed by atoms with Crippen LogP contribution < -0.4 is 0 Å². The summed E-state index contributed by atoms with van der Waals surface area (Å²) < 4.78 is 0. The molecule has 3 atom stereocenters. The Kier molecular flexibility index (Phi) is 7.32. The number of benzene rings is 2. The van der Waals surface area contributed by atoms with Gasteiger partial charge in [0.05, 0.1) is 6.07 Å². The smallest absolute Gasteiger partial charge is 0.324 e. The van der Waals surface area contributed by atoms with Crippen LogP contribution in [0.1, 0.15) is 75.8 Å². The van der Waals surface area contributed by atoms with Crippen LogP contribution in [0.2, 0.25) is 0 Å². The molecular weight excluding hydrogens is 370 g/mol. The van der Waals surface area contributed by atoms with Crippen molar-refractivity contribution in [3.63, 3.8) is 0 Å². The number of unbranched alkanes of at least 4 members (excludes halogenated alkanes) is 3. The normalized spacial score (nSPS) is 23.6. The lowest BCUT2D eigenvalue weighted by atomic mass is 9.60. The van der Waals surface area contributed by atoms with E-state index in [4.69, 9.17) is 0 Å². The van der Waals surface area contributed by atoms with Gasteiger partial charge >= 0.3 is 5.97 Å². The molecule has 0 aromatic heterocycles. The standard InChI is InChI=1S/C27H33NO2/c1-3-4-5-6-9-21-10-12-22(13-11-21)23-14-16-24(17-15-23)25-20(2)8-7-18-27(25,19-28)26(29)30/h10-17,20,25H,3-9,18H2,1-2H3,(H,29,30). The number of carbonyl (C=O) groups is 1. The summed E-state index contributed by atoms with van der Waals surface area (Å²) in [5.41, 5.74) is 3.31. The van der Waals surface area contributed by atoms with Crippen molar-refractivity contribution in [3.8, 4) is 17.2 Å². The Balaban J connectivity index is 1.77. The van der Waals surface area contributed by atoms with Gasteiger partial charge in [-0.15, -0.1) is 0 Å². The second-order valence-electron chi connectivity index (χ2n) is 8.87. The Morgan fingerprint density at radius 1 is 1.07 bits per heavy atom. The van der Waals surface area contributed by atoms with E-state index < -0.39 is 11.4 Å². The molecule has 3 unspecified atom stereocenters. The molecule has 1 aliphatic carbocycles. The maximum Gasteiger partial charge on any atom is 0.324 e. The SMILES string of the molecule is CCCCCCc1ccc(-c2ccc(C3C(C)CCCC3(C#N)C(=O)O)cc2)cc1. The first kappa shape index (κ1) is 22.1. The molecular formula is C27H33NO2. The average molecular weight is 404 g/mol. The summed E-state index contributed by atoms with van der Waals surface area (Å²) in [6.45, 7) is 4.31. The fourth-order valence-electron chi connectivity index (χ4n) is 5.04. The molecule has 1 saturated carbocycles. The van der Waals surface area contributed by atoms with E-state index in [1.165, 1.54) is 36.8 Å². The van der Waals surface area contributed by atoms with E-state index in [9.17, 15) is 15.2 Å². The second-order valence-corrected chi connectivity index (χ2v) is 8.87. The summed E-state index contributed by atoms with van der Waals surface area (Å²) >= 11 is 0. The van der Waals surface area contributed by atoms with E-state index in [0.717, 1.165) is 30.4 Å². The maximum atomic E-state index is 12.0. The number of rotatable bonds is 8. The zero-order valence-corrected chi connectivity index (χ0v) is 18.2. The Bertz CT molecular complexity index is 879. The van der Waals surface area contributed by atoms with Crippen molar-refractivity contribution >= 4 is 5.97 Å². The fraction of sp³-hybridized carbons (Fsp3) is 0.481. The Hall–Kier alpha value is -2.60. The van der Waals surface area contributed by atoms with Gasteiger partial charge in [-0.3, -0.25) is 4.79 Å². The largest absolute Gasteiger partial charge is 0.480 e. The molecule has 2 aromatic carbocycles. The lowest BCUT2D eigenvalue weighted by molar-refractivity contribution is -0.149. The van der Waals surface area contributed by atoms with Crippen LogP contribution in [0.3, 0.4) is 0 Å².